The molecule has 1 atom stereocenters. The third-order valence-electron chi connectivity index (χ3n) is 5.22. The molecule has 2 heterocycles. The van der Waals surface area contributed by atoms with Crippen LogP contribution in [0.3, 0.4) is 0 Å². The first-order valence-corrected chi connectivity index (χ1v) is 7.49. The quantitative estimate of drug-likeness (QED) is 0.818. The fourth-order valence-corrected chi connectivity index (χ4v) is 3.22. The summed E-state index contributed by atoms with van der Waals surface area (Å²) >= 11 is 0. The highest BCUT2D eigenvalue weighted by Crippen LogP contribution is 2.36. The Kier molecular flexibility index (Phi) is 4.00. The van der Waals surface area contributed by atoms with Crippen LogP contribution in [0.4, 0.5) is 0 Å². The van der Waals surface area contributed by atoms with Crippen LogP contribution < -0.4 is 5.32 Å². The lowest BCUT2D eigenvalue weighted by atomic mass is 9.76. The molecule has 3 heteroatoms. The van der Waals surface area contributed by atoms with Crippen LogP contribution >= 0.6 is 0 Å². The highest BCUT2D eigenvalue weighted by atomic mass is 16.2. The lowest BCUT2D eigenvalue weighted by Crippen LogP contribution is -2.53. The Hall–Kier alpha value is -0.570. The first-order chi connectivity index (χ1) is 8.49. The van der Waals surface area contributed by atoms with E-state index in [-0.39, 0.29) is 5.41 Å². The molecule has 1 N–H and O–H groups in total. The fraction of sp³-hybridized carbons (Fsp3) is 0.933. The van der Waals surface area contributed by atoms with Gasteiger partial charge in [0.2, 0.25) is 5.91 Å². The molecular weight excluding hydrogens is 224 g/mol. The summed E-state index contributed by atoms with van der Waals surface area (Å²) < 4.78 is 0. The molecule has 0 bridgehead atoms. The molecule has 0 spiro atoms. The third kappa shape index (κ3) is 2.71. The van der Waals surface area contributed by atoms with E-state index in [2.05, 4.69) is 31.0 Å². The number of hydrogen-bond acceptors (Lipinski definition) is 2. The number of piperidine rings is 2. The van der Waals surface area contributed by atoms with Crippen molar-refractivity contribution in [3.8, 4) is 0 Å². The summed E-state index contributed by atoms with van der Waals surface area (Å²) in [5.41, 5.74) is 0.306. The second-order valence-corrected chi connectivity index (χ2v) is 6.80. The average Bonchev–Trinajstić information content (AvgIpc) is 2.40. The molecule has 3 nitrogen and oxygen atoms in total. The second kappa shape index (κ2) is 5.20. The zero-order valence-electron chi connectivity index (χ0n) is 12.2. The lowest BCUT2D eigenvalue weighted by molar-refractivity contribution is -0.144. The minimum atomic E-state index is -0.155. The van der Waals surface area contributed by atoms with Crippen LogP contribution in [0.1, 0.15) is 52.9 Å². The van der Waals surface area contributed by atoms with Crippen molar-refractivity contribution in [1.82, 2.24) is 10.2 Å². The number of carbonyl (C=O) groups excluding carboxylic acids is 1. The van der Waals surface area contributed by atoms with Gasteiger partial charge in [-0.2, -0.15) is 0 Å². The second-order valence-electron chi connectivity index (χ2n) is 6.80. The number of nitrogens with zero attached hydrogens (tertiary/aromatic N) is 1. The van der Waals surface area contributed by atoms with E-state index in [0.29, 0.717) is 11.3 Å². The van der Waals surface area contributed by atoms with E-state index in [4.69, 9.17) is 0 Å². The molecule has 0 saturated carbocycles. The summed E-state index contributed by atoms with van der Waals surface area (Å²) in [7, 11) is 0. The van der Waals surface area contributed by atoms with Gasteiger partial charge in [-0.05, 0) is 44.6 Å². The van der Waals surface area contributed by atoms with Gasteiger partial charge in [0.25, 0.3) is 0 Å². The molecule has 0 aromatic heterocycles. The van der Waals surface area contributed by atoms with Gasteiger partial charge in [-0.25, -0.2) is 0 Å². The Morgan fingerprint density at radius 3 is 2.39 bits per heavy atom. The van der Waals surface area contributed by atoms with Crippen molar-refractivity contribution in [2.24, 2.45) is 10.8 Å². The number of carbonyl (C=O) groups is 1. The van der Waals surface area contributed by atoms with Gasteiger partial charge < -0.3 is 10.2 Å². The highest BCUT2D eigenvalue weighted by molar-refractivity contribution is 5.82. The van der Waals surface area contributed by atoms with Crippen molar-refractivity contribution in [2.45, 2.75) is 52.9 Å². The molecule has 104 valence electrons. The maximum atomic E-state index is 12.7. The maximum Gasteiger partial charge on any atom is 0.229 e. The molecule has 2 fully saturated rings. The Morgan fingerprint density at radius 1 is 1.22 bits per heavy atom. The lowest BCUT2D eigenvalue weighted by Gasteiger charge is -2.43. The van der Waals surface area contributed by atoms with Crippen LogP contribution in [0.25, 0.3) is 0 Å². The van der Waals surface area contributed by atoms with Crippen LogP contribution in [-0.4, -0.2) is 37.0 Å². The summed E-state index contributed by atoms with van der Waals surface area (Å²) in [4.78, 5) is 14.8. The summed E-state index contributed by atoms with van der Waals surface area (Å²) in [6.45, 7) is 10.6. The van der Waals surface area contributed by atoms with E-state index < -0.39 is 0 Å². The maximum absolute atomic E-state index is 12.7. The summed E-state index contributed by atoms with van der Waals surface area (Å²) in [5, 5.41) is 3.38. The molecule has 2 rings (SSSR count). The average molecular weight is 252 g/mol. The summed E-state index contributed by atoms with van der Waals surface area (Å²) in [5.74, 6) is 0.382. The number of likely N-dealkylation sites (tertiary alicyclic amines) is 1. The van der Waals surface area contributed by atoms with Gasteiger partial charge in [0.1, 0.15) is 0 Å². The van der Waals surface area contributed by atoms with Crippen LogP contribution in [-0.2, 0) is 4.79 Å². The van der Waals surface area contributed by atoms with Crippen LogP contribution in [0.15, 0.2) is 0 Å². The zero-order chi connectivity index (χ0) is 13.2. The monoisotopic (exact) mass is 252 g/mol. The van der Waals surface area contributed by atoms with Crippen LogP contribution in [0, 0.1) is 10.8 Å². The summed E-state index contributed by atoms with van der Waals surface area (Å²) in [6, 6.07) is 0. The molecule has 1 unspecified atom stereocenters. The molecule has 0 aromatic carbocycles. The van der Waals surface area contributed by atoms with Crippen LogP contribution in [0.2, 0.25) is 0 Å². The van der Waals surface area contributed by atoms with Crippen molar-refractivity contribution in [2.75, 3.05) is 26.2 Å². The van der Waals surface area contributed by atoms with E-state index in [1.165, 1.54) is 19.3 Å². The van der Waals surface area contributed by atoms with Crippen LogP contribution in [0.5, 0.6) is 0 Å². The Bertz CT molecular complexity index is 300. The molecule has 2 aliphatic rings. The van der Waals surface area contributed by atoms with E-state index in [9.17, 15) is 4.79 Å². The van der Waals surface area contributed by atoms with Gasteiger partial charge in [-0.1, -0.05) is 20.3 Å². The topological polar surface area (TPSA) is 32.3 Å². The summed E-state index contributed by atoms with van der Waals surface area (Å²) in [6.07, 6.45) is 5.73. The first kappa shape index (κ1) is 13.9. The molecule has 1 amide bonds. The first-order valence-electron chi connectivity index (χ1n) is 7.49. The SMILES string of the molecule is CCC1(C)CCN(C(=O)C2(C)CCCNC2)CC1. The van der Waals surface area contributed by atoms with Gasteiger partial charge in [-0.3, -0.25) is 4.79 Å². The zero-order valence-corrected chi connectivity index (χ0v) is 12.2. The smallest absolute Gasteiger partial charge is 0.229 e. The molecule has 0 aromatic rings. The minimum absolute atomic E-state index is 0.155. The van der Waals surface area contributed by atoms with Crippen molar-refractivity contribution >= 4 is 5.91 Å². The van der Waals surface area contributed by atoms with Crippen molar-refractivity contribution in [1.29, 1.82) is 0 Å². The molecule has 0 aliphatic carbocycles. The standard InChI is InChI=1S/C15H28N2O/c1-4-14(2)7-10-17(11-8-14)13(18)15(3)6-5-9-16-12-15/h16H,4-12H2,1-3H3. The normalized spacial score (nSPS) is 32.3. The van der Waals surface area contributed by atoms with Gasteiger partial charge in [0.15, 0.2) is 0 Å². The fourth-order valence-electron chi connectivity index (χ4n) is 3.22. The van der Waals surface area contributed by atoms with E-state index in [0.717, 1.165) is 39.0 Å². The molecular formula is C15H28N2O. The van der Waals surface area contributed by atoms with E-state index in [1.54, 1.807) is 0 Å². The predicted octanol–water partition coefficient (Wildman–Crippen LogP) is 2.41. The number of hydrogen-bond donors (Lipinski definition) is 1. The Balaban J connectivity index is 1.95. The highest BCUT2D eigenvalue weighted by Gasteiger charge is 2.40. The van der Waals surface area contributed by atoms with E-state index >= 15 is 0 Å². The van der Waals surface area contributed by atoms with Crippen molar-refractivity contribution < 1.29 is 4.79 Å². The Labute approximate surface area is 111 Å². The number of amides is 1. The number of rotatable bonds is 2. The van der Waals surface area contributed by atoms with Gasteiger partial charge in [0, 0.05) is 19.6 Å². The third-order valence-corrected chi connectivity index (χ3v) is 5.22. The molecule has 2 aliphatic heterocycles. The minimum Gasteiger partial charge on any atom is -0.342 e. The van der Waals surface area contributed by atoms with Crippen molar-refractivity contribution in [3.05, 3.63) is 0 Å². The number of nitrogens with one attached hydrogen (secondary N) is 1. The Morgan fingerprint density at radius 2 is 1.89 bits per heavy atom. The van der Waals surface area contributed by atoms with E-state index in [1.807, 2.05) is 0 Å². The van der Waals surface area contributed by atoms with Gasteiger partial charge in [-0.15, -0.1) is 0 Å². The van der Waals surface area contributed by atoms with Gasteiger partial charge in [0.05, 0.1) is 5.41 Å². The largest absolute Gasteiger partial charge is 0.342 e. The molecule has 2 saturated heterocycles. The predicted molar refractivity (Wildman–Crippen MR) is 74.4 cm³/mol. The van der Waals surface area contributed by atoms with Crippen molar-refractivity contribution in [3.63, 3.8) is 0 Å². The van der Waals surface area contributed by atoms with Gasteiger partial charge >= 0.3 is 0 Å². The molecule has 18 heavy (non-hydrogen) atoms. The molecule has 0 radical (unpaired) electrons.